The summed E-state index contributed by atoms with van der Waals surface area (Å²) in [5, 5.41) is 109. The van der Waals surface area contributed by atoms with E-state index in [1.807, 2.05) is 6.92 Å². The van der Waals surface area contributed by atoms with E-state index in [0.717, 1.165) is 38.4 Å². The third-order valence-electron chi connectivity index (χ3n) is 21.7. The zero-order valence-corrected chi connectivity index (χ0v) is 43.1. The van der Waals surface area contributed by atoms with Crippen molar-refractivity contribution in [1.82, 2.24) is 0 Å². The smallest absolute Gasteiger partial charge is 0.187 e. The van der Waals surface area contributed by atoms with Gasteiger partial charge in [-0.2, -0.15) is 0 Å². The van der Waals surface area contributed by atoms with Crippen molar-refractivity contribution in [3.8, 4) is 0 Å². The highest BCUT2D eigenvalue weighted by molar-refractivity contribution is 5.89. The number of carbonyl (C=O) groups excluding carboxylic acids is 2. The Kier molecular flexibility index (Phi) is 14.4. The molecule has 10 aliphatic rings. The van der Waals surface area contributed by atoms with Crippen molar-refractivity contribution in [2.75, 3.05) is 26.4 Å². The minimum atomic E-state index is -1.86. The van der Waals surface area contributed by atoms with Crippen LogP contribution in [0.1, 0.15) is 113 Å². The van der Waals surface area contributed by atoms with Crippen LogP contribution in [-0.4, -0.2) is 212 Å². The fourth-order valence-corrected chi connectivity index (χ4v) is 17.1. The van der Waals surface area contributed by atoms with E-state index in [1.165, 1.54) is 6.92 Å². The summed E-state index contributed by atoms with van der Waals surface area (Å²) in [6.45, 7) is 13.8. The van der Waals surface area contributed by atoms with Crippen LogP contribution >= 0.6 is 0 Å². The van der Waals surface area contributed by atoms with Gasteiger partial charge in [-0.1, -0.05) is 41.5 Å². The highest BCUT2D eigenvalue weighted by Gasteiger charge is 2.80. The van der Waals surface area contributed by atoms with E-state index in [0.29, 0.717) is 44.5 Å². The molecule has 21 nitrogen and oxygen atoms in total. The normalized spacial score (nSPS) is 57.7. The predicted molar refractivity (Wildman–Crippen MR) is 248 cm³/mol. The maximum Gasteiger partial charge on any atom is 0.187 e. The SMILES string of the molecule is C[C@@H]1O[C@@H](O[C@H]2[C@H](O)[C@@H](CO)O[C@@H](O[C@H]3CO[C@@H](O[C@H]4CC[C@]5(C)[C@H]6CC[C@]78OC[C@@]9(CC[C@](C)(C=O)C[C@H]97)C(=O)C[C@@]8(C)[C@]6(C)CC[C@H]5C4(C)C)[C@H](O)[C@H]3O)[C@@H]2O[C@@H]2OC[C@@H](O)[C@H](O)[C@H]2O)[C@H](O)[C@H](O)[C@H]1O. The summed E-state index contributed by atoms with van der Waals surface area (Å²) < 4.78 is 55.4. The average molecular weight is 1040 g/mol. The van der Waals surface area contributed by atoms with Crippen molar-refractivity contribution in [2.24, 2.45) is 50.2 Å². The quantitative estimate of drug-likeness (QED) is 0.0960. The Morgan fingerprint density at radius 3 is 2.00 bits per heavy atom. The molecule has 10 rings (SSSR count). The fraction of sp³-hybridized carbons (Fsp3) is 0.962. The number of hydrogen-bond donors (Lipinski definition) is 10. The summed E-state index contributed by atoms with van der Waals surface area (Å²) >= 11 is 0. The number of Topliss-reactive ketones (excluding diaryl/α,β-unsaturated/α-hetero) is 1. The van der Waals surface area contributed by atoms with Crippen LogP contribution in [0.3, 0.4) is 0 Å². The van der Waals surface area contributed by atoms with Crippen LogP contribution in [0.2, 0.25) is 0 Å². The second kappa shape index (κ2) is 19.1. The van der Waals surface area contributed by atoms with Gasteiger partial charge >= 0.3 is 0 Å². The Balaban J connectivity index is 0.841. The van der Waals surface area contributed by atoms with E-state index in [-0.39, 0.29) is 35.2 Å². The van der Waals surface area contributed by atoms with E-state index in [4.69, 9.17) is 42.6 Å². The molecule has 0 aromatic carbocycles. The van der Waals surface area contributed by atoms with Gasteiger partial charge in [-0.3, -0.25) is 4.79 Å². The molecule has 21 heteroatoms. The van der Waals surface area contributed by atoms with Gasteiger partial charge in [0.25, 0.3) is 0 Å². The van der Waals surface area contributed by atoms with Gasteiger partial charge in [-0.05, 0) is 92.8 Å². The van der Waals surface area contributed by atoms with Crippen molar-refractivity contribution in [3.63, 3.8) is 0 Å². The number of fused-ring (bicyclic) bond motifs is 4. The third-order valence-corrected chi connectivity index (χ3v) is 21.7. The van der Waals surface area contributed by atoms with Crippen LogP contribution in [0.5, 0.6) is 0 Å². The van der Waals surface area contributed by atoms with Gasteiger partial charge in [0.2, 0.25) is 0 Å². The van der Waals surface area contributed by atoms with Crippen LogP contribution in [-0.2, 0) is 52.2 Å². The van der Waals surface area contributed by atoms with Gasteiger partial charge in [0.1, 0.15) is 91.4 Å². The minimum Gasteiger partial charge on any atom is -0.394 e. The predicted octanol–water partition coefficient (Wildman–Crippen LogP) is -0.658. The molecule has 416 valence electrons. The molecule has 5 saturated heterocycles. The first kappa shape index (κ1) is 54.9. The lowest BCUT2D eigenvalue weighted by molar-refractivity contribution is -0.397. The lowest BCUT2D eigenvalue weighted by Crippen LogP contribution is -2.73. The molecule has 0 aromatic rings. The molecule has 1 spiro atoms. The fourth-order valence-electron chi connectivity index (χ4n) is 17.1. The van der Waals surface area contributed by atoms with Crippen LogP contribution in [0.15, 0.2) is 0 Å². The van der Waals surface area contributed by atoms with Crippen molar-refractivity contribution in [1.29, 1.82) is 0 Å². The summed E-state index contributed by atoms with van der Waals surface area (Å²) in [7, 11) is 0. The summed E-state index contributed by atoms with van der Waals surface area (Å²) in [6.07, 6.45) is -20.8. The Morgan fingerprint density at radius 1 is 0.630 bits per heavy atom. The molecule has 73 heavy (non-hydrogen) atoms. The van der Waals surface area contributed by atoms with Crippen LogP contribution in [0, 0.1) is 50.2 Å². The van der Waals surface area contributed by atoms with Crippen LogP contribution in [0.4, 0.5) is 0 Å². The van der Waals surface area contributed by atoms with Crippen molar-refractivity contribution >= 4 is 12.1 Å². The summed E-state index contributed by atoms with van der Waals surface area (Å²) in [4.78, 5) is 27.1. The first-order valence-electron chi connectivity index (χ1n) is 26.8. The maximum absolute atomic E-state index is 14.6. The van der Waals surface area contributed by atoms with Gasteiger partial charge in [0.15, 0.2) is 25.2 Å². The number of aliphatic hydroxyl groups is 10. The monoisotopic (exact) mass is 1040 g/mol. The zero-order valence-electron chi connectivity index (χ0n) is 43.1. The number of ether oxygens (including phenoxy) is 9. The van der Waals surface area contributed by atoms with E-state index in [2.05, 4.69) is 34.6 Å². The molecule has 5 heterocycles. The second-order valence-corrected chi connectivity index (χ2v) is 25.6. The topological polar surface area (TPSA) is 320 Å². The first-order chi connectivity index (χ1) is 34.3. The minimum absolute atomic E-state index is 0.00591. The molecular formula is C52H82O21. The van der Waals surface area contributed by atoms with Crippen molar-refractivity contribution < 1.29 is 103 Å². The number of aliphatic hydroxyl groups excluding tert-OH is 10. The third kappa shape index (κ3) is 8.17. The lowest BCUT2D eigenvalue weighted by Gasteiger charge is -2.74. The molecule has 0 amide bonds. The average Bonchev–Trinajstić information content (AvgIpc) is 3.64. The Bertz CT molecular complexity index is 2050. The Hall–Kier alpha value is -1.42. The van der Waals surface area contributed by atoms with Gasteiger partial charge < -0.3 is 98.5 Å². The number of hydrogen-bond acceptors (Lipinski definition) is 21. The number of aldehydes is 1. The molecule has 5 aliphatic carbocycles. The van der Waals surface area contributed by atoms with Gasteiger partial charge in [0.05, 0.1) is 49.7 Å². The van der Waals surface area contributed by atoms with Gasteiger partial charge in [-0.25, -0.2) is 0 Å². The molecular weight excluding hydrogens is 961 g/mol. The molecule has 0 aromatic heterocycles. The number of carbonyl (C=O) groups is 2. The molecule has 10 N–H and O–H groups in total. The van der Waals surface area contributed by atoms with Gasteiger partial charge in [0, 0.05) is 23.2 Å². The standard InChI is InChI=1S/C52H82O21/c1-23-32(57)36(61)39(64)44(68-23)72-40-35(60)25(18-53)69-45(41(40)73-43-37(62)33(58)24(55)19-65-43)70-26-20-66-42(38(63)34(26)59)71-31-10-11-48(5)27(46(31,2)3)8-12-49(6)28(48)9-13-52-29-16-47(4,21-54)14-15-51(29,22-67-52)30(56)17-50(49,52)7/h21,23-29,31-45,53,55,57-64H,8-20,22H2,1-7H3/t23-,24+,25+,26-,27-,28+,29+,31-,32-,33-,34-,35+,36+,37+,38+,39+,40-,41+,42-,43-,44-,45-,47-,48-,49+,50-,51+,52-/m0/s1. The molecule has 10 fully saturated rings. The number of ketones is 1. The van der Waals surface area contributed by atoms with E-state index in [9.17, 15) is 60.7 Å². The Morgan fingerprint density at radius 2 is 1.29 bits per heavy atom. The molecule has 2 bridgehead atoms. The second-order valence-electron chi connectivity index (χ2n) is 25.6. The van der Waals surface area contributed by atoms with Crippen molar-refractivity contribution in [2.45, 2.75) is 235 Å². The van der Waals surface area contributed by atoms with Crippen LogP contribution in [0.25, 0.3) is 0 Å². The summed E-state index contributed by atoms with van der Waals surface area (Å²) in [5.41, 5.74) is -2.70. The summed E-state index contributed by atoms with van der Waals surface area (Å²) in [6, 6.07) is 0. The highest BCUT2D eigenvalue weighted by Crippen LogP contribution is 2.80. The molecule has 5 aliphatic heterocycles. The Labute approximate surface area is 426 Å². The molecule has 0 unspecified atom stereocenters. The van der Waals surface area contributed by atoms with E-state index in [1.54, 1.807) is 0 Å². The van der Waals surface area contributed by atoms with E-state index >= 15 is 0 Å². The van der Waals surface area contributed by atoms with E-state index < -0.39 is 157 Å². The van der Waals surface area contributed by atoms with Gasteiger partial charge in [-0.15, -0.1) is 0 Å². The van der Waals surface area contributed by atoms with Crippen LogP contribution < -0.4 is 0 Å². The molecule has 5 saturated carbocycles. The lowest BCUT2D eigenvalue weighted by atomic mass is 9.30. The first-order valence-corrected chi connectivity index (χ1v) is 26.8. The molecule has 28 atom stereocenters. The maximum atomic E-state index is 14.6. The largest absolute Gasteiger partial charge is 0.394 e. The van der Waals surface area contributed by atoms with Crippen molar-refractivity contribution in [3.05, 3.63) is 0 Å². The highest BCUT2D eigenvalue weighted by atomic mass is 16.8. The summed E-state index contributed by atoms with van der Waals surface area (Å²) in [5.74, 6) is 0.770. The zero-order chi connectivity index (χ0) is 52.7. The number of rotatable bonds is 10. The molecule has 0 radical (unpaired) electrons.